The summed E-state index contributed by atoms with van der Waals surface area (Å²) < 4.78 is 7.00. The second kappa shape index (κ2) is 13.0. The number of ether oxygens (including phenoxy) is 1. The minimum Gasteiger partial charge on any atom is -0.462 e. The van der Waals surface area contributed by atoms with Gasteiger partial charge in [-0.3, -0.25) is 9.36 Å². The van der Waals surface area contributed by atoms with Crippen LogP contribution in [0.25, 0.3) is 11.8 Å². The van der Waals surface area contributed by atoms with Crippen LogP contribution < -0.4 is 30.7 Å². The molecule has 0 unspecified atom stereocenters. The van der Waals surface area contributed by atoms with E-state index in [2.05, 4.69) is 25.1 Å². The van der Waals surface area contributed by atoms with Crippen molar-refractivity contribution in [1.82, 2.24) is 19.4 Å². The molecule has 12 heteroatoms. The number of anilines is 4. The number of carbonyl (C=O) groups is 1. The molecule has 1 saturated heterocycles. The van der Waals surface area contributed by atoms with Crippen LogP contribution in [0.5, 0.6) is 0 Å². The van der Waals surface area contributed by atoms with E-state index >= 15 is 0 Å². The van der Waals surface area contributed by atoms with E-state index in [0.717, 1.165) is 49.2 Å². The van der Waals surface area contributed by atoms with E-state index in [-0.39, 0.29) is 22.4 Å². The van der Waals surface area contributed by atoms with Gasteiger partial charge in [0.15, 0.2) is 5.57 Å². The largest absolute Gasteiger partial charge is 0.462 e. The summed E-state index contributed by atoms with van der Waals surface area (Å²) in [5, 5.41) is 12.6. The fourth-order valence-electron chi connectivity index (χ4n) is 4.31. The average Bonchev–Trinajstić information content (AvgIpc) is 3.57. The molecular formula is C27H32N8O3S. The Bertz CT molecular complexity index is 1500. The maximum Gasteiger partial charge on any atom is 0.351 e. The molecule has 0 amide bonds. The molecule has 0 aliphatic carbocycles. The summed E-state index contributed by atoms with van der Waals surface area (Å²) in [6, 6.07) is 9.36. The smallest absolute Gasteiger partial charge is 0.351 e. The summed E-state index contributed by atoms with van der Waals surface area (Å²) >= 11 is 1.06. The SMILES string of the molecule is CCOC(=O)/C(C#N)=c1\s/c(=C/Nc2ccc(N(CCN3CCCC3)c3ccc(N)cn3)nc2)c(=O)n1CC. The van der Waals surface area contributed by atoms with Crippen LogP contribution in [0.15, 0.2) is 41.5 Å². The van der Waals surface area contributed by atoms with Gasteiger partial charge in [0.05, 0.1) is 30.4 Å². The van der Waals surface area contributed by atoms with Crippen molar-refractivity contribution in [1.29, 1.82) is 5.26 Å². The van der Waals surface area contributed by atoms with E-state index in [0.29, 0.717) is 22.5 Å². The number of carbonyl (C=O) groups excluding carboxylic acids is 1. The number of likely N-dealkylation sites (tertiary alicyclic amines) is 1. The maximum absolute atomic E-state index is 12.9. The molecule has 0 saturated carbocycles. The molecular weight excluding hydrogens is 516 g/mol. The maximum atomic E-state index is 12.9. The van der Waals surface area contributed by atoms with Gasteiger partial charge in [-0.1, -0.05) is 0 Å². The molecule has 1 aliphatic rings. The lowest BCUT2D eigenvalue weighted by Gasteiger charge is -2.25. The van der Waals surface area contributed by atoms with Gasteiger partial charge in [-0.15, -0.1) is 11.3 Å². The van der Waals surface area contributed by atoms with Crippen LogP contribution in [0, 0.1) is 11.3 Å². The van der Waals surface area contributed by atoms with Crippen LogP contribution in [0.1, 0.15) is 26.7 Å². The molecule has 3 N–H and O–H groups in total. The van der Waals surface area contributed by atoms with E-state index in [1.54, 1.807) is 32.4 Å². The minimum atomic E-state index is -0.743. The topological polar surface area (TPSA) is 142 Å². The van der Waals surface area contributed by atoms with Crippen molar-refractivity contribution in [2.75, 3.05) is 48.7 Å². The summed E-state index contributed by atoms with van der Waals surface area (Å²) in [5.74, 6) is 0.764. The summed E-state index contributed by atoms with van der Waals surface area (Å²) in [5.41, 5.74) is 6.64. The number of hydrogen-bond acceptors (Lipinski definition) is 11. The Hall–Kier alpha value is -4.21. The molecule has 39 heavy (non-hydrogen) atoms. The summed E-state index contributed by atoms with van der Waals surface area (Å²) in [6.45, 7) is 7.73. The van der Waals surface area contributed by atoms with Crippen LogP contribution in [0.4, 0.5) is 23.0 Å². The highest BCUT2D eigenvalue weighted by molar-refractivity contribution is 7.07. The Morgan fingerprint density at radius 1 is 1.21 bits per heavy atom. The van der Waals surface area contributed by atoms with Crippen LogP contribution in [0.3, 0.4) is 0 Å². The average molecular weight is 549 g/mol. The number of aromatic nitrogens is 3. The van der Waals surface area contributed by atoms with Gasteiger partial charge < -0.3 is 25.6 Å². The first kappa shape index (κ1) is 27.8. The van der Waals surface area contributed by atoms with Gasteiger partial charge >= 0.3 is 5.97 Å². The van der Waals surface area contributed by atoms with E-state index in [9.17, 15) is 14.9 Å². The fraction of sp³-hybridized carbons (Fsp3) is 0.370. The van der Waals surface area contributed by atoms with E-state index in [4.69, 9.17) is 10.5 Å². The van der Waals surface area contributed by atoms with E-state index < -0.39 is 5.97 Å². The minimum absolute atomic E-state index is 0.138. The third-order valence-corrected chi connectivity index (χ3v) is 7.44. The Morgan fingerprint density at radius 3 is 2.51 bits per heavy atom. The molecule has 0 radical (unpaired) electrons. The molecule has 4 rings (SSSR count). The third-order valence-electron chi connectivity index (χ3n) is 6.31. The first-order valence-electron chi connectivity index (χ1n) is 12.9. The number of rotatable bonds is 10. The zero-order valence-electron chi connectivity index (χ0n) is 22.1. The molecule has 0 spiro atoms. The Balaban J connectivity index is 1.59. The van der Waals surface area contributed by atoms with Crippen LogP contribution >= 0.6 is 11.3 Å². The second-order valence-electron chi connectivity index (χ2n) is 8.87. The van der Waals surface area contributed by atoms with Crippen molar-refractivity contribution in [3.8, 4) is 6.07 Å². The van der Waals surface area contributed by atoms with Gasteiger partial charge in [-0.25, -0.2) is 14.8 Å². The number of nitrogens with one attached hydrogen (secondary N) is 1. The lowest BCUT2D eigenvalue weighted by atomic mass is 10.3. The molecule has 204 valence electrons. The Morgan fingerprint density at radius 2 is 1.92 bits per heavy atom. The van der Waals surface area contributed by atoms with Gasteiger partial charge in [0, 0.05) is 25.8 Å². The van der Waals surface area contributed by atoms with Crippen molar-refractivity contribution in [3.63, 3.8) is 0 Å². The molecule has 1 fully saturated rings. The van der Waals surface area contributed by atoms with E-state index in [1.807, 2.05) is 30.3 Å². The number of pyridine rings is 2. The third kappa shape index (κ3) is 6.63. The Kier molecular flexibility index (Phi) is 9.30. The van der Waals surface area contributed by atoms with Gasteiger partial charge in [-0.2, -0.15) is 5.26 Å². The highest BCUT2D eigenvalue weighted by atomic mass is 32.1. The zero-order valence-corrected chi connectivity index (χ0v) is 22.9. The number of nitrogens with two attached hydrogens (primary N) is 1. The molecule has 4 heterocycles. The van der Waals surface area contributed by atoms with Gasteiger partial charge in [-0.05, 0) is 64.0 Å². The second-order valence-corrected chi connectivity index (χ2v) is 9.90. The molecule has 3 aromatic rings. The quantitative estimate of drug-likeness (QED) is 0.359. The van der Waals surface area contributed by atoms with Crippen molar-refractivity contribution < 1.29 is 9.53 Å². The monoisotopic (exact) mass is 548 g/mol. The highest BCUT2D eigenvalue weighted by Crippen LogP contribution is 2.23. The normalized spacial score (nSPS) is 14.6. The van der Waals surface area contributed by atoms with Gasteiger partial charge in [0.1, 0.15) is 26.9 Å². The molecule has 0 aromatic carbocycles. The lowest BCUT2D eigenvalue weighted by Crippen LogP contribution is -2.32. The number of thiazole rings is 1. The number of nitriles is 1. The molecule has 11 nitrogen and oxygen atoms in total. The number of hydrogen-bond donors (Lipinski definition) is 2. The summed E-state index contributed by atoms with van der Waals surface area (Å²) in [6.07, 6.45) is 7.33. The van der Waals surface area contributed by atoms with Crippen LogP contribution in [0.2, 0.25) is 0 Å². The van der Waals surface area contributed by atoms with Crippen molar-refractivity contribution in [3.05, 3.63) is 56.2 Å². The van der Waals surface area contributed by atoms with Gasteiger partial charge in [0.25, 0.3) is 5.56 Å². The predicted octanol–water partition coefficient (Wildman–Crippen LogP) is 1.62. The lowest BCUT2D eigenvalue weighted by molar-refractivity contribution is -0.136. The van der Waals surface area contributed by atoms with Gasteiger partial charge in [0.2, 0.25) is 0 Å². The first-order chi connectivity index (χ1) is 18.9. The number of nitrogen functional groups attached to an aromatic ring is 1. The summed E-state index contributed by atoms with van der Waals surface area (Å²) in [4.78, 5) is 38.8. The van der Waals surface area contributed by atoms with Crippen molar-refractivity contribution in [2.45, 2.75) is 33.2 Å². The first-order valence-corrected chi connectivity index (χ1v) is 13.7. The highest BCUT2D eigenvalue weighted by Gasteiger charge is 2.18. The fourth-order valence-corrected chi connectivity index (χ4v) is 5.38. The number of nitrogens with zero attached hydrogens (tertiary/aromatic N) is 6. The predicted molar refractivity (Wildman–Crippen MR) is 153 cm³/mol. The molecule has 0 bridgehead atoms. The zero-order chi connectivity index (χ0) is 27.8. The molecule has 3 aromatic heterocycles. The molecule has 1 aliphatic heterocycles. The number of esters is 1. The summed E-state index contributed by atoms with van der Waals surface area (Å²) in [7, 11) is 0. The van der Waals surface area contributed by atoms with Crippen LogP contribution in [-0.2, 0) is 16.1 Å². The Labute approximate surface area is 230 Å². The van der Waals surface area contributed by atoms with Crippen LogP contribution in [-0.4, -0.2) is 58.2 Å². The van der Waals surface area contributed by atoms with Crippen molar-refractivity contribution in [2.24, 2.45) is 0 Å². The standard InChI is InChI=1S/C27H32N8O3S/c1-3-34-25(36)22(39-26(34)21(15-28)27(37)38-4-2)18-30-20-8-10-24(32-17-20)35(14-13-33-11-5-6-12-33)23-9-7-19(29)16-31-23/h7-10,16-18,30H,3-6,11-14,29H2,1-2H3/b22-18+,26-21-. The van der Waals surface area contributed by atoms with E-state index in [1.165, 1.54) is 17.4 Å². The molecule has 0 atom stereocenters. The van der Waals surface area contributed by atoms with Crippen molar-refractivity contribution >= 4 is 52.1 Å².